The number of aryl methyl sites for hydroxylation is 1. The molecule has 0 amide bonds. The molecule has 0 saturated heterocycles. The standard InChI is InChI=1S/C12H8IN3O5/c1-7-4-10(16(19)20)12(14-6-7)21-11-5-8(15(17)18)2-3-9(11)13/h2-6H,1H3. The Bertz CT molecular complexity index is 735. The molecule has 0 atom stereocenters. The van der Waals surface area contributed by atoms with Crippen molar-refractivity contribution in [3.63, 3.8) is 0 Å². The van der Waals surface area contributed by atoms with Gasteiger partial charge in [0.15, 0.2) is 0 Å². The van der Waals surface area contributed by atoms with Gasteiger partial charge in [0, 0.05) is 18.3 Å². The zero-order valence-electron chi connectivity index (χ0n) is 10.6. The number of rotatable bonds is 4. The Morgan fingerprint density at radius 1 is 1.19 bits per heavy atom. The quantitative estimate of drug-likeness (QED) is 0.440. The predicted molar refractivity (Wildman–Crippen MR) is 81.5 cm³/mol. The molecule has 9 heteroatoms. The summed E-state index contributed by atoms with van der Waals surface area (Å²) in [6.45, 7) is 1.67. The summed E-state index contributed by atoms with van der Waals surface area (Å²) in [6, 6.07) is 5.35. The Labute approximate surface area is 132 Å². The Morgan fingerprint density at radius 2 is 1.90 bits per heavy atom. The molecule has 0 radical (unpaired) electrons. The van der Waals surface area contributed by atoms with E-state index in [9.17, 15) is 20.2 Å². The molecular weight excluding hydrogens is 393 g/mol. The van der Waals surface area contributed by atoms with Crippen LogP contribution >= 0.6 is 22.6 Å². The average molecular weight is 401 g/mol. The molecule has 1 aromatic heterocycles. The maximum atomic E-state index is 11.0. The number of halogens is 1. The molecule has 8 nitrogen and oxygen atoms in total. The van der Waals surface area contributed by atoms with E-state index >= 15 is 0 Å². The van der Waals surface area contributed by atoms with Crippen molar-refractivity contribution in [1.82, 2.24) is 4.98 Å². The zero-order valence-corrected chi connectivity index (χ0v) is 12.8. The fourth-order valence-corrected chi connectivity index (χ4v) is 1.98. The molecule has 0 unspecified atom stereocenters. The van der Waals surface area contributed by atoms with Gasteiger partial charge in [0.1, 0.15) is 5.75 Å². The van der Waals surface area contributed by atoms with Crippen LogP contribution in [-0.4, -0.2) is 14.8 Å². The number of hydrogen-bond donors (Lipinski definition) is 0. The van der Waals surface area contributed by atoms with E-state index in [4.69, 9.17) is 4.74 Å². The van der Waals surface area contributed by atoms with Crippen molar-refractivity contribution in [3.8, 4) is 11.6 Å². The lowest BCUT2D eigenvalue weighted by molar-refractivity contribution is -0.386. The van der Waals surface area contributed by atoms with Crippen LogP contribution in [0.3, 0.4) is 0 Å². The number of pyridine rings is 1. The SMILES string of the molecule is Cc1cnc(Oc2cc([N+](=O)[O-])ccc2I)c([N+](=O)[O-])c1. The van der Waals surface area contributed by atoms with Crippen LogP contribution in [0.15, 0.2) is 30.5 Å². The largest absolute Gasteiger partial charge is 0.432 e. The van der Waals surface area contributed by atoms with Crippen molar-refractivity contribution in [1.29, 1.82) is 0 Å². The Hall–Kier alpha value is -2.30. The van der Waals surface area contributed by atoms with Crippen LogP contribution in [-0.2, 0) is 0 Å². The lowest BCUT2D eigenvalue weighted by Crippen LogP contribution is -1.98. The zero-order chi connectivity index (χ0) is 15.6. The van der Waals surface area contributed by atoms with Gasteiger partial charge in [-0.3, -0.25) is 20.2 Å². The summed E-state index contributed by atoms with van der Waals surface area (Å²) < 4.78 is 5.96. The van der Waals surface area contributed by atoms with Gasteiger partial charge >= 0.3 is 5.69 Å². The molecule has 21 heavy (non-hydrogen) atoms. The van der Waals surface area contributed by atoms with E-state index in [2.05, 4.69) is 4.98 Å². The second-order valence-corrected chi connectivity index (χ2v) is 5.23. The first kappa shape index (κ1) is 15.1. The van der Waals surface area contributed by atoms with Crippen LogP contribution in [0.5, 0.6) is 11.6 Å². The van der Waals surface area contributed by atoms with Crippen molar-refractivity contribution >= 4 is 34.0 Å². The Balaban J connectivity index is 2.45. The summed E-state index contributed by atoms with van der Waals surface area (Å²) in [6.07, 6.45) is 1.42. The molecule has 0 spiro atoms. The summed E-state index contributed by atoms with van der Waals surface area (Å²) in [4.78, 5) is 24.5. The van der Waals surface area contributed by atoms with Crippen molar-refractivity contribution in [2.75, 3.05) is 0 Å². The molecule has 0 fully saturated rings. The summed E-state index contributed by atoms with van der Waals surface area (Å²) in [5, 5.41) is 21.8. The fraction of sp³-hybridized carbons (Fsp3) is 0.0833. The van der Waals surface area contributed by atoms with Crippen LogP contribution in [0.25, 0.3) is 0 Å². The van der Waals surface area contributed by atoms with E-state index < -0.39 is 9.85 Å². The molecule has 108 valence electrons. The molecule has 1 heterocycles. The fourth-order valence-electron chi connectivity index (χ4n) is 1.54. The molecule has 0 saturated carbocycles. The molecule has 2 rings (SSSR count). The monoisotopic (exact) mass is 401 g/mol. The highest BCUT2D eigenvalue weighted by Gasteiger charge is 2.20. The minimum absolute atomic E-state index is 0.143. The van der Waals surface area contributed by atoms with E-state index in [1.807, 2.05) is 22.6 Å². The molecule has 0 aliphatic rings. The number of non-ortho nitro benzene ring substituents is 1. The third kappa shape index (κ3) is 3.42. The van der Waals surface area contributed by atoms with Crippen LogP contribution in [0.1, 0.15) is 5.56 Å². The topological polar surface area (TPSA) is 108 Å². The van der Waals surface area contributed by atoms with Gasteiger partial charge in [-0.15, -0.1) is 0 Å². The maximum Gasteiger partial charge on any atom is 0.331 e. The molecule has 1 aromatic carbocycles. The number of hydrogen-bond acceptors (Lipinski definition) is 6. The third-order valence-electron chi connectivity index (χ3n) is 2.50. The van der Waals surface area contributed by atoms with Gasteiger partial charge in [-0.1, -0.05) is 0 Å². The van der Waals surface area contributed by atoms with E-state index in [1.54, 1.807) is 6.92 Å². The van der Waals surface area contributed by atoms with E-state index in [1.165, 1.54) is 30.5 Å². The van der Waals surface area contributed by atoms with Crippen molar-refractivity contribution in [2.45, 2.75) is 6.92 Å². The van der Waals surface area contributed by atoms with E-state index in [-0.39, 0.29) is 23.0 Å². The van der Waals surface area contributed by atoms with Gasteiger partial charge in [-0.05, 0) is 41.1 Å². The van der Waals surface area contributed by atoms with E-state index in [0.717, 1.165) is 0 Å². The minimum atomic E-state index is -0.612. The third-order valence-corrected chi connectivity index (χ3v) is 3.39. The second-order valence-electron chi connectivity index (χ2n) is 4.07. The highest BCUT2D eigenvalue weighted by molar-refractivity contribution is 14.1. The van der Waals surface area contributed by atoms with Gasteiger partial charge in [0.25, 0.3) is 11.6 Å². The second kappa shape index (κ2) is 5.99. The van der Waals surface area contributed by atoms with Gasteiger partial charge in [0.05, 0.1) is 19.5 Å². The normalized spacial score (nSPS) is 10.2. The number of nitro benzene ring substituents is 1. The lowest BCUT2D eigenvalue weighted by Gasteiger charge is -2.07. The number of aromatic nitrogens is 1. The highest BCUT2D eigenvalue weighted by Crippen LogP contribution is 2.34. The molecule has 0 N–H and O–H groups in total. The van der Waals surface area contributed by atoms with Crippen LogP contribution < -0.4 is 4.74 Å². The summed E-state index contributed by atoms with van der Waals surface area (Å²) in [7, 11) is 0. The smallest absolute Gasteiger partial charge is 0.331 e. The first-order valence-corrected chi connectivity index (χ1v) is 6.69. The van der Waals surface area contributed by atoms with Gasteiger partial charge in [-0.2, -0.15) is 0 Å². The number of ether oxygens (including phenoxy) is 1. The molecule has 0 bridgehead atoms. The van der Waals surface area contributed by atoms with Crippen molar-refractivity contribution < 1.29 is 14.6 Å². The average Bonchev–Trinajstić information content (AvgIpc) is 2.42. The summed E-state index contributed by atoms with van der Waals surface area (Å²) >= 11 is 1.92. The summed E-state index contributed by atoms with van der Waals surface area (Å²) in [5.74, 6) is -0.0618. The van der Waals surface area contributed by atoms with Crippen LogP contribution in [0, 0.1) is 30.7 Å². The summed E-state index contributed by atoms with van der Waals surface area (Å²) in [5.41, 5.74) is 0.153. The first-order valence-electron chi connectivity index (χ1n) is 5.61. The molecule has 0 aliphatic heterocycles. The number of nitro groups is 2. The number of nitrogens with zero attached hydrogens (tertiary/aromatic N) is 3. The van der Waals surface area contributed by atoms with Crippen molar-refractivity contribution in [3.05, 3.63) is 59.8 Å². The first-order chi connectivity index (χ1) is 9.88. The Morgan fingerprint density at radius 3 is 2.52 bits per heavy atom. The highest BCUT2D eigenvalue weighted by atomic mass is 127. The molecular formula is C12H8IN3O5. The van der Waals surface area contributed by atoms with Crippen LogP contribution in [0.2, 0.25) is 0 Å². The predicted octanol–water partition coefficient (Wildman–Crippen LogP) is 3.60. The van der Waals surface area contributed by atoms with Crippen LogP contribution in [0.4, 0.5) is 11.4 Å². The van der Waals surface area contributed by atoms with Gasteiger partial charge in [-0.25, -0.2) is 4.98 Å². The Kier molecular flexibility index (Phi) is 4.31. The van der Waals surface area contributed by atoms with Crippen molar-refractivity contribution in [2.24, 2.45) is 0 Å². The van der Waals surface area contributed by atoms with Gasteiger partial charge < -0.3 is 4.74 Å². The number of benzene rings is 1. The minimum Gasteiger partial charge on any atom is -0.432 e. The maximum absolute atomic E-state index is 11.0. The molecule has 2 aromatic rings. The van der Waals surface area contributed by atoms with E-state index in [0.29, 0.717) is 9.13 Å². The van der Waals surface area contributed by atoms with Gasteiger partial charge in [0.2, 0.25) is 0 Å². The molecule has 0 aliphatic carbocycles. The lowest BCUT2D eigenvalue weighted by atomic mass is 10.3.